The lowest BCUT2D eigenvalue weighted by molar-refractivity contribution is 0.108. The van der Waals surface area contributed by atoms with Gasteiger partial charge in [-0.1, -0.05) is 0 Å². The van der Waals surface area contributed by atoms with Gasteiger partial charge >= 0.3 is 0 Å². The summed E-state index contributed by atoms with van der Waals surface area (Å²) < 4.78 is 0. The number of aromatic nitrogens is 2. The molecule has 0 bridgehead atoms. The van der Waals surface area contributed by atoms with Crippen LogP contribution in [0.4, 0.5) is 0 Å². The smallest absolute Gasteiger partial charge is 0.262 e. The first-order valence-corrected chi connectivity index (χ1v) is 4.36. The third-order valence-electron chi connectivity index (χ3n) is 1.39. The fraction of sp³-hybridized carbons (Fsp3) is 0. The molecule has 0 fully saturated rings. The molecular formula is C7H3ClN2OS. The second-order valence-electron chi connectivity index (χ2n) is 2.17. The molecule has 3 nitrogen and oxygen atoms in total. The molecule has 0 saturated heterocycles. The van der Waals surface area contributed by atoms with E-state index in [4.69, 9.17) is 11.6 Å². The zero-order valence-electron chi connectivity index (χ0n) is 5.82. The average molecular weight is 199 g/mol. The van der Waals surface area contributed by atoms with Crippen molar-refractivity contribution in [2.75, 3.05) is 0 Å². The average Bonchev–Trinajstić information content (AvgIpc) is 2.46. The number of rotatable bonds is 1. The molecule has 60 valence electrons. The van der Waals surface area contributed by atoms with Gasteiger partial charge in [0.15, 0.2) is 0 Å². The summed E-state index contributed by atoms with van der Waals surface area (Å²) in [5.41, 5.74) is 0. The molecule has 0 unspecified atom stereocenters. The Morgan fingerprint density at radius 1 is 1.58 bits per heavy atom. The largest absolute Gasteiger partial charge is 0.275 e. The third kappa shape index (κ3) is 1.19. The Hall–Kier alpha value is -1.00. The van der Waals surface area contributed by atoms with Crippen LogP contribution < -0.4 is 0 Å². The van der Waals surface area contributed by atoms with E-state index in [2.05, 4.69) is 9.97 Å². The molecule has 0 aliphatic carbocycles. The van der Waals surface area contributed by atoms with Crippen molar-refractivity contribution < 1.29 is 4.79 Å². The van der Waals surface area contributed by atoms with Crippen LogP contribution in [0.3, 0.4) is 0 Å². The first-order valence-electron chi connectivity index (χ1n) is 3.17. The monoisotopic (exact) mass is 198 g/mol. The predicted molar refractivity (Wildman–Crippen MR) is 47.6 cm³/mol. The Kier molecular flexibility index (Phi) is 1.78. The van der Waals surface area contributed by atoms with E-state index in [1.807, 2.05) is 0 Å². The number of fused-ring (bicyclic) bond motifs is 1. The van der Waals surface area contributed by atoms with Crippen LogP contribution in [0, 0.1) is 0 Å². The Morgan fingerprint density at radius 3 is 3.08 bits per heavy atom. The maximum Gasteiger partial charge on any atom is 0.262 e. The number of hydrogen-bond donors (Lipinski definition) is 0. The SMILES string of the molecule is O=C(Cl)c1cc2cncnc2s1. The minimum absolute atomic E-state index is 0.446. The Labute approximate surface area is 77.0 Å². The number of carbonyl (C=O) groups excluding carboxylic acids is 1. The summed E-state index contributed by atoms with van der Waals surface area (Å²) in [5, 5.41) is 0.407. The minimum Gasteiger partial charge on any atom is -0.275 e. The summed E-state index contributed by atoms with van der Waals surface area (Å²) in [6.07, 6.45) is 3.10. The van der Waals surface area contributed by atoms with Crippen molar-refractivity contribution in [2.45, 2.75) is 0 Å². The third-order valence-corrected chi connectivity index (χ3v) is 2.76. The van der Waals surface area contributed by atoms with Crippen molar-refractivity contribution in [1.29, 1.82) is 0 Å². The quantitative estimate of drug-likeness (QED) is 0.659. The van der Waals surface area contributed by atoms with E-state index >= 15 is 0 Å². The Balaban J connectivity index is 2.70. The van der Waals surface area contributed by atoms with Crippen LogP contribution in [-0.4, -0.2) is 15.2 Å². The summed E-state index contributed by atoms with van der Waals surface area (Å²) in [6, 6.07) is 1.69. The van der Waals surface area contributed by atoms with Gasteiger partial charge in [-0.15, -0.1) is 11.3 Å². The fourth-order valence-corrected chi connectivity index (χ4v) is 1.86. The van der Waals surface area contributed by atoms with Crippen LogP contribution in [0.5, 0.6) is 0 Å². The molecule has 0 spiro atoms. The van der Waals surface area contributed by atoms with Gasteiger partial charge in [0.1, 0.15) is 11.2 Å². The van der Waals surface area contributed by atoms with E-state index in [1.165, 1.54) is 17.7 Å². The van der Waals surface area contributed by atoms with Crippen LogP contribution in [0.15, 0.2) is 18.6 Å². The van der Waals surface area contributed by atoms with Crippen molar-refractivity contribution in [3.8, 4) is 0 Å². The van der Waals surface area contributed by atoms with Crippen molar-refractivity contribution >= 4 is 38.4 Å². The number of thiophene rings is 1. The first kappa shape index (κ1) is 7.64. The van der Waals surface area contributed by atoms with Gasteiger partial charge in [-0.2, -0.15) is 0 Å². The lowest BCUT2D eigenvalue weighted by Crippen LogP contribution is -1.78. The molecule has 0 atom stereocenters. The molecule has 0 aliphatic rings. The van der Waals surface area contributed by atoms with Gasteiger partial charge in [0, 0.05) is 11.6 Å². The van der Waals surface area contributed by atoms with Crippen LogP contribution in [0.1, 0.15) is 9.67 Å². The fourth-order valence-electron chi connectivity index (χ4n) is 0.885. The van der Waals surface area contributed by atoms with Crippen LogP contribution in [0.25, 0.3) is 10.2 Å². The molecule has 0 aromatic carbocycles. The van der Waals surface area contributed by atoms with Crippen LogP contribution in [-0.2, 0) is 0 Å². The van der Waals surface area contributed by atoms with Gasteiger partial charge in [0.05, 0.1) is 4.88 Å². The van der Waals surface area contributed by atoms with E-state index in [1.54, 1.807) is 12.3 Å². The normalized spacial score (nSPS) is 10.4. The highest BCUT2D eigenvalue weighted by molar-refractivity contribution is 7.21. The number of carbonyl (C=O) groups is 1. The van der Waals surface area contributed by atoms with Gasteiger partial charge in [-0.3, -0.25) is 4.79 Å². The minimum atomic E-state index is -0.446. The molecule has 2 aromatic heterocycles. The summed E-state index contributed by atoms with van der Waals surface area (Å²) in [4.78, 5) is 19.8. The summed E-state index contributed by atoms with van der Waals surface area (Å²) in [5.74, 6) is 0. The lowest BCUT2D eigenvalue weighted by atomic mass is 10.4. The molecule has 0 aliphatic heterocycles. The van der Waals surface area contributed by atoms with Gasteiger partial charge in [-0.05, 0) is 17.7 Å². The number of hydrogen-bond acceptors (Lipinski definition) is 4. The van der Waals surface area contributed by atoms with E-state index in [9.17, 15) is 4.79 Å². The lowest BCUT2D eigenvalue weighted by Gasteiger charge is -1.80. The Bertz CT molecular complexity index is 407. The van der Waals surface area contributed by atoms with Crippen LogP contribution >= 0.6 is 22.9 Å². The molecule has 2 rings (SSSR count). The van der Waals surface area contributed by atoms with E-state index in [0.717, 1.165) is 10.2 Å². The van der Waals surface area contributed by atoms with Crippen molar-refractivity contribution in [2.24, 2.45) is 0 Å². The van der Waals surface area contributed by atoms with E-state index < -0.39 is 5.24 Å². The molecule has 12 heavy (non-hydrogen) atoms. The number of halogens is 1. The molecule has 0 radical (unpaired) electrons. The van der Waals surface area contributed by atoms with Gasteiger partial charge in [0.2, 0.25) is 0 Å². The van der Waals surface area contributed by atoms with E-state index in [-0.39, 0.29) is 0 Å². The van der Waals surface area contributed by atoms with Crippen molar-refractivity contribution in [3.05, 3.63) is 23.5 Å². The van der Waals surface area contributed by atoms with Crippen LogP contribution in [0.2, 0.25) is 0 Å². The molecular weight excluding hydrogens is 196 g/mol. The maximum atomic E-state index is 10.7. The highest BCUT2D eigenvalue weighted by Gasteiger charge is 2.07. The van der Waals surface area contributed by atoms with Crippen molar-refractivity contribution in [1.82, 2.24) is 9.97 Å². The maximum absolute atomic E-state index is 10.7. The van der Waals surface area contributed by atoms with Gasteiger partial charge in [-0.25, -0.2) is 9.97 Å². The van der Waals surface area contributed by atoms with Gasteiger partial charge in [0.25, 0.3) is 5.24 Å². The zero-order chi connectivity index (χ0) is 8.55. The summed E-state index contributed by atoms with van der Waals surface area (Å²) >= 11 is 6.57. The summed E-state index contributed by atoms with van der Waals surface area (Å²) in [7, 11) is 0. The highest BCUT2D eigenvalue weighted by atomic mass is 35.5. The molecule has 0 saturated carbocycles. The number of nitrogens with zero attached hydrogens (tertiary/aromatic N) is 2. The second kappa shape index (κ2) is 2.80. The zero-order valence-corrected chi connectivity index (χ0v) is 7.39. The molecule has 2 aromatic rings. The topological polar surface area (TPSA) is 42.9 Å². The second-order valence-corrected chi connectivity index (χ2v) is 3.54. The van der Waals surface area contributed by atoms with E-state index in [0.29, 0.717) is 4.88 Å². The molecule has 0 N–H and O–H groups in total. The molecule has 5 heteroatoms. The standard InChI is InChI=1S/C7H3ClN2OS/c8-6(11)5-1-4-2-9-3-10-7(4)12-5/h1-3H. The predicted octanol–water partition coefficient (Wildman–Crippen LogP) is 2.07. The first-order chi connectivity index (χ1) is 5.77. The molecule has 0 amide bonds. The highest BCUT2D eigenvalue weighted by Crippen LogP contribution is 2.23. The summed E-state index contributed by atoms with van der Waals surface area (Å²) in [6.45, 7) is 0. The van der Waals surface area contributed by atoms with Crippen molar-refractivity contribution in [3.63, 3.8) is 0 Å². The Morgan fingerprint density at radius 2 is 2.42 bits per heavy atom. The van der Waals surface area contributed by atoms with Gasteiger partial charge < -0.3 is 0 Å². The molecule has 2 heterocycles.